The minimum atomic E-state index is -0.00979. The molecule has 0 radical (unpaired) electrons. The molecule has 1 unspecified atom stereocenters. The molecule has 3 aromatic rings. The first-order valence-electron chi connectivity index (χ1n) is 9.11. The van der Waals surface area contributed by atoms with Crippen LogP contribution >= 0.6 is 0 Å². The Morgan fingerprint density at radius 1 is 1.22 bits per heavy atom. The van der Waals surface area contributed by atoms with Gasteiger partial charge in [0.1, 0.15) is 0 Å². The predicted molar refractivity (Wildman–Crippen MR) is 101 cm³/mol. The normalized spacial score (nSPS) is 17.1. The molecule has 3 heterocycles. The molecule has 1 saturated heterocycles. The number of carbonyl (C=O) groups is 1. The van der Waals surface area contributed by atoms with Crippen LogP contribution in [0.2, 0.25) is 0 Å². The highest BCUT2D eigenvalue weighted by Crippen LogP contribution is 2.23. The molecule has 1 N–H and O–H groups in total. The summed E-state index contributed by atoms with van der Waals surface area (Å²) < 4.78 is 1.78. The number of amides is 1. The second-order valence-corrected chi connectivity index (χ2v) is 6.64. The van der Waals surface area contributed by atoms with Crippen LogP contribution in [0.3, 0.4) is 0 Å². The number of rotatable bonds is 4. The molecule has 2 aromatic heterocycles. The zero-order chi connectivity index (χ0) is 18.6. The van der Waals surface area contributed by atoms with Crippen molar-refractivity contribution in [2.24, 2.45) is 0 Å². The molecule has 1 aromatic carbocycles. The largest absolute Gasteiger partial charge is 0.333 e. The summed E-state index contributed by atoms with van der Waals surface area (Å²) in [5.74, 6) is 0.0635. The van der Waals surface area contributed by atoms with Crippen LogP contribution < -0.4 is 5.32 Å². The Morgan fingerprint density at radius 3 is 2.85 bits per heavy atom. The number of pyridine rings is 1. The molecule has 27 heavy (non-hydrogen) atoms. The van der Waals surface area contributed by atoms with Gasteiger partial charge in [-0.25, -0.2) is 4.68 Å². The lowest BCUT2D eigenvalue weighted by Gasteiger charge is -2.36. The SMILES string of the molecule is Cc1c(CC(=O)N2CCNCC2c2cccnc2)nnn1-c1ccccc1. The standard InChI is InChI=1S/C20H22N6O/c1-15-18(23-24-26(15)17-7-3-2-4-8-17)12-20(27)25-11-10-22-14-19(25)16-6-5-9-21-13-16/h2-9,13,19,22H,10-12,14H2,1H3. The molecule has 1 aliphatic rings. The number of benzene rings is 1. The van der Waals surface area contributed by atoms with Crippen LogP contribution in [0.25, 0.3) is 5.69 Å². The number of aromatic nitrogens is 4. The molecule has 138 valence electrons. The van der Waals surface area contributed by atoms with Gasteiger partial charge in [-0.2, -0.15) is 0 Å². The second kappa shape index (κ2) is 7.67. The van der Waals surface area contributed by atoms with Crippen LogP contribution in [0.1, 0.15) is 23.0 Å². The van der Waals surface area contributed by atoms with Gasteiger partial charge in [0.2, 0.25) is 5.91 Å². The van der Waals surface area contributed by atoms with Crippen LogP contribution in [-0.2, 0) is 11.2 Å². The van der Waals surface area contributed by atoms with Gasteiger partial charge in [-0.3, -0.25) is 9.78 Å². The molecule has 0 aliphatic carbocycles. The van der Waals surface area contributed by atoms with E-state index in [1.165, 1.54) is 0 Å². The van der Waals surface area contributed by atoms with Gasteiger partial charge in [-0.05, 0) is 30.7 Å². The van der Waals surface area contributed by atoms with E-state index in [0.29, 0.717) is 12.2 Å². The van der Waals surface area contributed by atoms with Gasteiger partial charge < -0.3 is 10.2 Å². The summed E-state index contributed by atoms with van der Waals surface area (Å²) in [6.07, 6.45) is 3.82. The maximum absolute atomic E-state index is 13.0. The quantitative estimate of drug-likeness (QED) is 0.764. The maximum Gasteiger partial charge on any atom is 0.229 e. The molecule has 1 aliphatic heterocycles. The van der Waals surface area contributed by atoms with Gasteiger partial charge in [0.25, 0.3) is 0 Å². The van der Waals surface area contributed by atoms with Crippen molar-refractivity contribution < 1.29 is 4.79 Å². The van der Waals surface area contributed by atoms with E-state index in [1.54, 1.807) is 10.9 Å². The Bertz CT molecular complexity index is 909. The Morgan fingerprint density at radius 2 is 2.07 bits per heavy atom. The Hall–Kier alpha value is -3.06. The van der Waals surface area contributed by atoms with Crippen molar-refractivity contribution in [1.82, 2.24) is 30.2 Å². The number of hydrogen-bond acceptors (Lipinski definition) is 5. The van der Waals surface area contributed by atoms with Crippen molar-refractivity contribution in [3.63, 3.8) is 0 Å². The van der Waals surface area contributed by atoms with E-state index in [1.807, 2.05) is 60.5 Å². The molecule has 7 nitrogen and oxygen atoms in total. The number of para-hydroxylation sites is 1. The van der Waals surface area contributed by atoms with Crippen LogP contribution in [-0.4, -0.2) is 50.4 Å². The highest BCUT2D eigenvalue weighted by molar-refractivity contribution is 5.79. The third-order valence-electron chi connectivity index (χ3n) is 4.94. The predicted octanol–water partition coefficient (Wildman–Crippen LogP) is 1.69. The minimum absolute atomic E-state index is 0.00979. The molecule has 0 spiro atoms. The van der Waals surface area contributed by atoms with E-state index in [9.17, 15) is 4.79 Å². The first kappa shape index (κ1) is 17.4. The summed E-state index contributed by atoms with van der Waals surface area (Å²) in [6.45, 7) is 4.14. The lowest BCUT2D eigenvalue weighted by molar-refractivity contribution is -0.133. The molecule has 0 saturated carbocycles. The van der Waals surface area contributed by atoms with Gasteiger partial charge >= 0.3 is 0 Å². The lowest BCUT2D eigenvalue weighted by Crippen LogP contribution is -2.49. The summed E-state index contributed by atoms with van der Waals surface area (Å²) in [7, 11) is 0. The third kappa shape index (κ3) is 3.59. The molecule has 0 bridgehead atoms. The molecular formula is C20H22N6O. The number of nitrogens with zero attached hydrogens (tertiary/aromatic N) is 5. The average Bonchev–Trinajstić information content (AvgIpc) is 3.09. The molecule has 1 atom stereocenters. The number of nitrogens with one attached hydrogen (secondary N) is 1. The summed E-state index contributed by atoms with van der Waals surface area (Å²) in [5.41, 5.74) is 3.59. The number of carbonyl (C=O) groups excluding carboxylic acids is 1. The highest BCUT2D eigenvalue weighted by Gasteiger charge is 2.29. The van der Waals surface area contributed by atoms with Crippen molar-refractivity contribution in [3.8, 4) is 5.69 Å². The van der Waals surface area contributed by atoms with Gasteiger partial charge in [-0.1, -0.05) is 29.5 Å². The van der Waals surface area contributed by atoms with Gasteiger partial charge in [0, 0.05) is 32.0 Å². The van der Waals surface area contributed by atoms with Crippen molar-refractivity contribution in [2.45, 2.75) is 19.4 Å². The van der Waals surface area contributed by atoms with Gasteiger partial charge in [0.15, 0.2) is 0 Å². The van der Waals surface area contributed by atoms with Crippen LogP contribution in [0.4, 0.5) is 0 Å². The smallest absolute Gasteiger partial charge is 0.229 e. The summed E-state index contributed by atoms with van der Waals surface area (Å²) in [6, 6.07) is 13.7. The second-order valence-electron chi connectivity index (χ2n) is 6.64. The summed E-state index contributed by atoms with van der Waals surface area (Å²) in [4.78, 5) is 19.2. The topological polar surface area (TPSA) is 75.9 Å². The Labute approximate surface area is 158 Å². The average molecular weight is 362 g/mol. The first-order chi connectivity index (χ1) is 13.2. The van der Waals surface area contributed by atoms with Crippen molar-refractivity contribution in [2.75, 3.05) is 19.6 Å². The van der Waals surface area contributed by atoms with Crippen LogP contribution in [0.15, 0.2) is 54.9 Å². The van der Waals surface area contributed by atoms with E-state index in [4.69, 9.17) is 0 Å². The van der Waals surface area contributed by atoms with E-state index in [2.05, 4.69) is 20.6 Å². The first-order valence-corrected chi connectivity index (χ1v) is 9.11. The number of piperazine rings is 1. The van der Waals surface area contributed by atoms with Crippen molar-refractivity contribution >= 4 is 5.91 Å². The number of hydrogen-bond donors (Lipinski definition) is 1. The van der Waals surface area contributed by atoms with E-state index < -0.39 is 0 Å². The van der Waals surface area contributed by atoms with Crippen LogP contribution in [0, 0.1) is 6.92 Å². The fourth-order valence-corrected chi connectivity index (χ4v) is 3.46. The molecule has 7 heteroatoms. The third-order valence-corrected chi connectivity index (χ3v) is 4.94. The minimum Gasteiger partial charge on any atom is -0.333 e. The van der Waals surface area contributed by atoms with E-state index in [-0.39, 0.29) is 18.4 Å². The molecule has 1 amide bonds. The molecule has 4 rings (SSSR count). The van der Waals surface area contributed by atoms with Crippen molar-refractivity contribution in [1.29, 1.82) is 0 Å². The lowest BCUT2D eigenvalue weighted by atomic mass is 10.0. The Kier molecular flexibility index (Phi) is 4.93. The fourth-order valence-electron chi connectivity index (χ4n) is 3.46. The van der Waals surface area contributed by atoms with E-state index >= 15 is 0 Å². The highest BCUT2D eigenvalue weighted by atomic mass is 16.2. The maximum atomic E-state index is 13.0. The fraction of sp³-hybridized carbons (Fsp3) is 0.300. The monoisotopic (exact) mass is 362 g/mol. The Balaban J connectivity index is 1.54. The van der Waals surface area contributed by atoms with Gasteiger partial charge in [0.05, 0.1) is 29.5 Å². The summed E-state index contributed by atoms with van der Waals surface area (Å²) in [5, 5.41) is 11.9. The molecular weight excluding hydrogens is 340 g/mol. The zero-order valence-corrected chi connectivity index (χ0v) is 15.2. The van der Waals surface area contributed by atoms with E-state index in [0.717, 1.165) is 30.0 Å². The van der Waals surface area contributed by atoms with Gasteiger partial charge in [-0.15, -0.1) is 5.10 Å². The molecule has 1 fully saturated rings. The van der Waals surface area contributed by atoms with Crippen LogP contribution in [0.5, 0.6) is 0 Å². The zero-order valence-electron chi connectivity index (χ0n) is 15.2. The summed E-state index contributed by atoms with van der Waals surface area (Å²) >= 11 is 0. The van der Waals surface area contributed by atoms with Crippen molar-refractivity contribution in [3.05, 3.63) is 71.8 Å².